The number of nitrogens with zero attached hydrogens (tertiary/aromatic N) is 3. The average molecular weight is 293 g/mol. The normalized spacial score (nSPS) is 13.4. The summed E-state index contributed by atoms with van der Waals surface area (Å²) in [6.07, 6.45) is 1.53. The van der Waals surface area contributed by atoms with Gasteiger partial charge in [-0.25, -0.2) is 9.97 Å². The SMILES string of the molecule is COc1cc2c(N3Cc4ccccc4C3)ncnc2cc1O. The van der Waals surface area contributed by atoms with Crippen molar-refractivity contribution in [3.05, 3.63) is 53.9 Å². The number of ether oxygens (including phenoxy) is 1. The van der Waals surface area contributed by atoms with Gasteiger partial charge in [-0.15, -0.1) is 0 Å². The molecule has 0 saturated carbocycles. The standard InChI is InChI=1S/C17H15N3O2/c1-22-16-6-13-14(7-15(16)21)18-10-19-17(13)20-8-11-4-2-3-5-12(11)9-20/h2-7,10,21H,8-9H2,1H3. The van der Waals surface area contributed by atoms with Crippen LogP contribution in [0.1, 0.15) is 11.1 Å². The van der Waals surface area contributed by atoms with E-state index in [4.69, 9.17) is 4.74 Å². The molecular weight excluding hydrogens is 278 g/mol. The van der Waals surface area contributed by atoms with Crippen molar-refractivity contribution in [2.75, 3.05) is 12.0 Å². The Morgan fingerprint density at radius 2 is 1.82 bits per heavy atom. The van der Waals surface area contributed by atoms with Crippen LogP contribution in [0.3, 0.4) is 0 Å². The second kappa shape index (κ2) is 4.87. The van der Waals surface area contributed by atoms with E-state index < -0.39 is 0 Å². The minimum atomic E-state index is 0.0874. The zero-order valence-electron chi connectivity index (χ0n) is 12.2. The van der Waals surface area contributed by atoms with Gasteiger partial charge >= 0.3 is 0 Å². The lowest BCUT2D eigenvalue weighted by molar-refractivity contribution is 0.374. The van der Waals surface area contributed by atoms with E-state index >= 15 is 0 Å². The van der Waals surface area contributed by atoms with E-state index in [9.17, 15) is 5.11 Å². The number of benzene rings is 2. The van der Waals surface area contributed by atoms with Crippen LogP contribution >= 0.6 is 0 Å². The molecule has 0 amide bonds. The lowest BCUT2D eigenvalue weighted by atomic mass is 10.1. The molecule has 5 nitrogen and oxygen atoms in total. The van der Waals surface area contributed by atoms with Crippen molar-refractivity contribution in [1.29, 1.82) is 0 Å². The summed E-state index contributed by atoms with van der Waals surface area (Å²) in [6, 6.07) is 11.8. The Labute approximate surface area is 127 Å². The van der Waals surface area contributed by atoms with Crippen LogP contribution in [0, 0.1) is 0 Å². The van der Waals surface area contributed by atoms with E-state index in [2.05, 4.69) is 39.1 Å². The average Bonchev–Trinajstić information content (AvgIpc) is 2.97. The van der Waals surface area contributed by atoms with Crippen molar-refractivity contribution >= 4 is 16.7 Å². The Morgan fingerprint density at radius 1 is 1.09 bits per heavy atom. The maximum Gasteiger partial charge on any atom is 0.161 e. The van der Waals surface area contributed by atoms with Gasteiger partial charge in [-0.2, -0.15) is 0 Å². The van der Waals surface area contributed by atoms with E-state index in [-0.39, 0.29) is 5.75 Å². The highest BCUT2D eigenvalue weighted by Gasteiger charge is 2.22. The molecule has 22 heavy (non-hydrogen) atoms. The fraction of sp³-hybridized carbons (Fsp3) is 0.176. The summed E-state index contributed by atoms with van der Waals surface area (Å²) in [6.45, 7) is 1.65. The summed E-state index contributed by atoms with van der Waals surface area (Å²) in [5, 5.41) is 10.8. The molecule has 2 aromatic carbocycles. The molecule has 0 saturated heterocycles. The van der Waals surface area contributed by atoms with Crippen LogP contribution in [0.4, 0.5) is 5.82 Å². The first kappa shape index (κ1) is 12.9. The number of methoxy groups -OCH3 is 1. The lowest BCUT2D eigenvalue weighted by Crippen LogP contribution is -2.16. The molecule has 0 atom stereocenters. The largest absolute Gasteiger partial charge is 0.504 e. The second-order valence-corrected chi connectivity index (χ2v) is 5.36. The van der Waals surface area contributed by atoms with Gasteiger partial charge in [0.25, 0.3) is 0 Å². The molecule has 110 valence electrons. The summed E-state index contributed by atoms with van der Waals surface area (Å²) in [5.41, 5.74) is 3.35. The van der Waals surface area contributed by atoms with Crippen molar-refractivity contribution in [1.82, 2.24) is 9.97 Å². The van der Waals surface area contributed by atoms with Crippen LogP contribution in [0.25, 0.3) is 10.9 Å². The van der Waals surface area contributed by atoms with Gasteiger partial charge in [0.05, 0.1) is 12.6 Å². The summed E-state index contributed by atoms with van der Waals surface area (Å²) >= 11 is 0. The van der Waals surface area contributed by atoms with Crippen LogP contribution < -0.4 is 9.64 Å². The molecule has 0 aliphatic carbocycles. The van der Waals surface area contributed by atoms with Gasteiger partial charge in [0.2, 0.25) is 0 Å². The molecule has 3 aromatic rings. The first-order valence-corrected chi connectivity index (χ1v) is 7.09. The van der Waals surface area contributed by atoms with Crippen molar-refractivity contribution in [2.45, 2.75) is 13.1 Å². The Bertz CT molecular complexity index is 839. The predicted octanol–water partition coefficient (Wildman–Crippen LogP) is 2.86. The number of rotatable bonds is 2. The Balaban J connectivity index is 1.83. The van der Waals surface area contributed by atoms with E-state index in [0.717, 1.165) is 24.3 Å². The molecular formula is C17H15N3O2. The molecule has 0 radical (unpaired) electrons. The van der Waals surface area contributed by atoms with Gasteiger partial charge < -0.3 is 14.7 Å². The van der Waals surface area contributed by atoms with E-state index in [0.29, 0.717) is 11.3 Å². The summed E-state index contributed by atoms with van der Waals surface area (Å²) in [4.78, 5) is 10.9. The minimum Gasteiger partial charge on any atom is -0.504 e. The summed E-state index contributed by atoms with van der Waals surface area (Å²) in [5.74, 6) is 1.38. The van der Waals surface area contributed by atoms with Gasteiger partial charge in [-0.3, -0.25) is 0 Å². The van der Waals surface area contributed by atoms with Gasteiger partial charge in [-0.1, -0.05) is 24.3 Å². The van der Waals surface area contributed by atoms with Crippen LogP contribution in [0.5, 0.6) is 11.5 Å². The fourth-order valence-corrected chi connectivity index (χ4v) is 2.96. The summed E-state index contributed by atoms with van der Waals surface area (Å²) in [7, 11) is 1.54. The van der Waals surface area contributed by atoms with Crippen molar-refractivity contribution in [3.8, 4) is 11.5 Å². The van der Waals surface area contributed by atoms with Crippen LogP contribution in [0.2, 0.25) is 0 Å². The predicted molar refractivity (Wildman–Crippen MR) is 84.1 cm³/mol. The highest BCUT2D eigenvalue weighted by molar-refractivity contribution is 5.92. The number of anilines is 1. The number of hydrogen-bond acceptors (Lipinski definition) is 5. The molecule has 1 N–H and O–H groups in total. The first-order valence-electron chi connectivity index (χ1n) is 7.09. The van der Waals surface area contributed by atoms with Crippen molar-refractivity contribution in [3.63, 3.8) is 0 Å². The highest BCUT2D eigenvalue weighted by atomic mass is 16.5. The molecule has 1 aliphatic heterocycles. The zero-order valence-corrected chi connectivity index (χ0v) is 12.2. The third kappa shape index (κ3) is 1.94. The van der Waals surface area contributed by atoms with Gasteiger partial charge in [0, 0.05) is 24.5 Å². The number of aromatic hydroxyl groups is 1. The Kier molecular flexibility index (Phi) is 2.85. The quantitative estimate of drug-likeness (QED) is 0.787. The van der Waals surface area contributed by atoms with Crippen LogP contribution in [0.15, 0.2) is 42.7 Å². The number of aromatic nitrogens is 2. The molecule has 0 spiro atoms. The number of hydrogen-bond donors (Lipinski definition) is 1. The monoisotopic (exact) mass is 293 g/mol. The van der Waals surface area contributed by atoms with Gasteiger partial charge in [0.15, 0.2) is 11.5 Å². The fourth-order valence-electron chi connectivity index (χ4n) is 2.96. The Hall–Kier alpha value is -2.82. The minimum absolute atomic E-state index is 0.0874. The van der Waals surface area contributed by atoms with Gasteiger partial charge in [0.1, 0.15) is 12.1 Å². The zero-order chi connectivity index (χ0) is 15.1. The number of phenols is 1. The lowest BCUT2D eigenvalue weighted by Gasteiger charge is -2.18. The molecule has 1 aromatic heterocycles. The molecule has 1 aliphatic rings. The summed E-state index contributed by atoms with van der Waals surface area (Å²) < 4.78 is 5.21. The van der Waals surface area contributed by atoms with E-state index in [1.807, 2.05) is 0 Å². The smallest absolute Gasteiger partial charge is 0.161 e. The Morgan fingerprint density at radius 3 is 2.50 bits per heavy atom. The topological polar surface area (TPSA) is 58.5 Å². The van der Waals surface area contributed by atoms with Crippen molar-refractivity contribution < 1.29 is 9.84 Å². The second-order valence-electron chi connectivity index (χ2n) is 5.36. The maximum absolute atomic E-state index is 9.91. The maximum atomic E-state index is 9.91. The van der Waals surface area contributed by atoms with Crippen molar-refractivity contribution in [2.24, 2.45) is 0 Å². The third-order valence-electron chi connectivity index (χ3n) is 4.06. The van der Waals surface area contributed by atoms with E-state index in [1.54, 1.807) is 12.1 Å². The molecule has 2 heterocycles. The van der Waals surface area contributed by atoms with E-state index in [1.165, 1.54) is 24.6 Å². The third-order valence-corrected chi connectivity index (χ3v) is 4.06. The molecule has 0 bridgehead atoms. The van der Waals surface area contributed by atoms with Crippen LogP contribution in [-0.4, -0.2) is 22.2 Å². The first-order chi connectivity index (χ1) is 10.8. The number of fused-ring (bicyclic) bond motifs is 2. The molecule has 5 heteroatoms. The van der Waals surface area contributed by atoms with Crippen LogP contribution in [-0.2, 0) is 13.1 Å². The highest BCUT2D eigenvalue weighted by Crippen LogP contribution is 2.36. The molecule has 4 rings (SSSR count). The van der Waals surface area contributed by atoms with Gasteiger partial charge in [-0.05, 0) is 17.2 Å². The number of phenolic OH excluding ortho intramolecular Hbond substituents is 1. The molecule has 0 fully saturated rings. The molecule has 0 unspecified atom stereocenters.